The average Bonchev–Trinajstić information content (AvgIpc) is 2.72. The molecule has 1 aliphatic carbocycles. The number of nitriles is 1. The largest absolute Gasteiger partial charge is 0.550 e. The van der Waals surface area contributed by atoms with Crippen molar-refractivity contribution in [1.29, 1.82) is 5.26 Å². The molecule has 1 atom stereocenters. The summed E-state index contributed by atoms with van der Waals surface area (Å²) < 4.78 is 0. The lowest BCUT2D eigenvalue weighted by Gasteiger charge is -2.17. The minimum absolute atomic E-state index is 0.133. The quantitative estimate of drug-likeness (QED) is 0.902. The van der Waals surface area contributed by atoms with Gasteiger partial charge in [0.2, 0.25) is 5.91 Å². The molecule has 1 aromatic rings. The maximum atomic E-state index is 11.7. The number of nitrogens with zero attached hydrogens (tertiary/aromatic N) is 1. The Balaban J connectivity index is 2.14. The van der Waals surface area contributed by atoms with E-state index in [1.807, 2.05) is 0 Å². The molecular formula is C14H15N2O3S-. The van der Waals surface area contributed by atoms with Crippen LogP contribution in [0.25, 0.3) is 0 Å². The standard InChI is InChI=1S/C14H16N2O3S/c1-8-2-3-9-10(7-15)14(20-11(9)6-8)16-12(17)4-5-13(18)19/h8H,2-6H2,1H3,(H,16,17)(H,18,19)/p-1. The lowest BCUT2D eigenvalue weighted by molar-refractivity contribution is -0.305. The van der Waals surface area contributed by atoms with Crippen molar-refractivity contribution in [3.63, 3.8) is 0 Å². The predicted molar refractivity (Wildman–Crippen MR) is 73.1 cm³/mol. The van der Waals surface area contributed by atoms with Gasteiger partial charge in [-0.05, 0) is 37.2 Å². The predicted octanol–water partition coefficient (Wildman–Crippen LogP) is 1.21. The first-order valence-electron chi connectivity index (χ1n) is 6.55. The number of hydrogen-bond acceptors (Lipinski definition) is 5. The first-order valence-corrected chi connectivity index (χ1v) is 7.37. The normalized spacial score (nSPS) is 17.1. The van der Waals surface area contributed by atoms with Crippen molar-refractivity contribution in [2.45, 2.75) is 39.0 Å². The molecule has 0 spiro atoms. The zero-order valence-corrected chi connectivity index (χ0v) is 12.0. The summed E-state index contributed by atoms with van der Waals surface area (Å²) in [6.07, 6.45) is 2.41. The van der Waals surface area contributed by atoms with Crippen LogP contribution in [-0.2, 0) is 22.4 Å². The lowest BCUT2D eigenvalue weighted by Crippen LogP contribution is -2.24. The van der Waals surface area contributed by atoms with Gasteiger partial charge in [0.15, 0.2) is 0 Å². The number of carboxylic acids is 1. The van der Waals surface area contributed by atoms with Crippen molar-refractivity contribution < 1.29 is 14.7 Å². The van der Waals surface area contributed by atoms with Crippen LogP contribution in [0.2, 0.25) is 0 Å². The zero-order chi connectivity index (χ0) is 14.7. The van der Waals surface area contributed by atoms with E-state index in [4.69, 9.17) is 0 Å². The van der Waals surface area contributed by atoms with Gasteiger partial charge in [0.05, 0.1) is 5.56 Å². The average molecular weight is 291 g/mol. The van der Waals surface area contributed by atoms with Gasteiger partial charge in [0, 0.05) is 17.3 Å². The summed E-state index contributed by atoms with van der Waals surface area (Å²) in [5, 5.41) is 22.8. The van der Waals surface area contributed by atoms with Crippen molar-refractivity contribution in [2.24, 2.45) is 5.92 Å². The molecule has 1 aromatic heterocycles. The molecule has 0 radical (unpaired) electrons. The third kappa shape index (κ3) is 3.17. The number of anilines is 1. The van der Waals surface area contributed by atoms with E-state index in [-0.39, 0.29) is 12.8 Å². The van der Waals surface area contributed by atoms with Gasteiger partial charge in [0.25, 0.3) is 0 Å². The highest BCUT2D eigenvalue weighted by atomic mass is 32.1. The molecular weight excluding hydrogens is 276 g/mol. The highest BCUT2D eigenvalue weighted by Crippen LogP contribution is 2.39. The fourth-order valence-electron chi connectivity index (χ4n) is 2.36. The number of rotatable bonds is 4. The summed E-state index contributed by atoms with van der Waals surface area (Å²) in [6, 6.07) is 2.16. The van der Waals surface area contributed by atoms with Crippen LogP contribution >= 0.6 is 11.3 Å². The molecule has 6 heteroatoms. The third-order valence-corrected chi connectivity index (χ3v) is 4.60. The van der Waals surface area contributed by atoms with E-state index in [2.05, 4.69) is 18.3 Å². The topological polar surface area (TPSA) is 93.0 Å². The van der Waals surface area contributed by atoms with Crippen LogP contribution in [0.4, 0.5) is 5.00 Å². The van der Waals surface area contributed by atoms with E-state index >= 15 is 0 Å². The van der Waals surface area contributed by atoms with Crippen molar-refractivity contribution in [3.8, 4) is 6.07 Å². The van der Waals surface area contributed by atoms with Crippen LogP contribution < -0.4 is 10.4 Å². The molecule has 1 unspecified atom stereocenters. The molecule has 1 aliphatic rings. The van der Waals surface area contributed by atoms with Gasteiger partial charge < -0.3 is 15.2 Å². The molecule has 1 N–H and O–H groups in total. The molecule has 0 aromatic carbocycles. The van der Waals surface area contributed by atoms with E-state index in [0.717, 1.165) is 29.7 Å². The number of thiophene rings is 1. The molecule has 0 saturated carbocycles. The maximum absolute atomic E-state index is 11.7. The summed E-state index contributed by atoms with van der Waals surface area (Å²) in [5.41, 5.74) is 1.59. The number of carbonyl (C=O) groups excluding carboxylic acids is 2. The van der Waals surface area contributed by atoms with Crippen molar-refractivity contribution in [2.75, 3.05) is 5.32 Å². The number of aliphatic carboxylic acids is 1. The van der Waals surface area contributed by atoms with E-state index in [9.17, 15) is 20.0 Å². The van der Waals surface area contributed by atoms with Crippen LogP contribution in [0, 0.1) is 17.2 Å². The fourth-order valence-corrected chi connectivity index (χ4v) is 3.74. The van der Waals surface area contributed by atoms with Crippen LogP contribution in [-0.4, -0.2) is 11.9 Å². The number of carbonyl (C=O) groups is 2. The minimum atomic E-state index is -1.25. The number of amides is 1. The molecule has 5 nitrogen and oxygen atoms in total. The summed E-state index contributed by atoms with van der Waals surface area (Å²) >= 11 is 1.44. The minimum Gasteiger partial charge on any atom is -0.550 e. The van der Waals surface area contributed by atoms with Gasteiger partial charge in [-0.25, -0.2) is 0 Å². The second-order valence-corrected chi connectivity index (χ2v) is 6.19. The van der Waals surface area contributed by atoms with Crippen molar-refractivity contribution in [3.05, 3.63) is 16.0 Å². The van der Waals surface area contributed by atoms with E-state index in [0.29, 0.717) is 16.5 Å². The van der Waals surface area contributed by atoms with Crippen LogP contribution in [0.3, 0.4) is 0 Å². The molecule has 2 rings (SSSR count). The zero-order valence-electron chi connectivity index (χ0n) is 11.2. The van der Waals surface area contributed by atoms with Gasteiger partial charge >= 0.3 is 0 Å². The highest BCUT2D eigenvalue weighted by molar-refractivity contribution is 7.16. The summed E-state index contributed by atoms with van der Waals surface area (Å²) in [7, 11) is 0. The van der Waals surface area contributed by atoms with Gasteiger partial charge in [-0.15, -0.1) is 11.3 Å². The molecule has 1 amide bonds. The fraction of sp³-hybridized carbons (Fsp3) is 0.500. The molecule has 0 aliphatic heterocycles. The van der Waals surface area contributed by atoms with Gasteiger partial charge in [-0.2, -0.15) is 5.26 Å². The van der Waals surface area contributed by atoms with Crippen molar-refractivity contribution in [1.82, 2.24) is 0 Å². The Bertz CT molecular complexity index is 586. The number of nitrogens with one attached hydrogen (secondary N) is 1. The highest BCUT2D eigenvalue weighted by Gasteiger charge is 2.24. The van der Waals surface area contributed by atoms with Crippen LogP contribution in [0.15, 0.2) is 0 Å². The first-order chi connectivity index (χ1) is 9.51. The van der Waals surface area contributed by atoms with Gasteiger partial charge in [0.1, 0.15) is 11.1 Å². The second kappa shape index (κ2) is 6.06. The van der Waals surface area contributed by atoms with Gasteiger partial charge in [-0.3, -0.25) is 4.79 Å². The van der Waals surface area contributed by atoms with Crippen molar-refractivity contribution >= 4 is 28.2 Å². The molecule has 1 heterocycles. The summed E-state index contributed by atoms with van der Waals surface area (Å²) in [6.45, 7) is 2.17. The first kappa shape index (κ1) is 14.5. The Labute approximate surface area is 121 Å². The second-order valence-electron chi connectivity index (χ2n) is 5.09. The molecule has 20 heavy (non-hydrogen) atoms. The molecule has 0 fully saturated rings. The maximum Gasteiger partial charge on any atom is 0.225 e. The smallest absolute Gasteiger partial charge is 0.225 e. The Morgan fingerprint density at radius 2 is 2.25 bits per heavy atom. The summed E-state index contributed by atoms with van der Waals surface area (Å²) in [5.74, 6) is -1.05. The Hall–Kier alpha value is -1.87. The molecule has 106 valence electrons. The third-order valence-electron chi connectivity index (χ3n) is 3.43. The van der Waals surface area contributed by atoms with Gasteiger partial charge in [-0.1, -0.05) is 6.92 Å². The number of hydrogen-bond donors (Lipinski definition) is 1. The van der Waals surface area contributed by atoms with Crippen LogP contribution in [0.1, 0.15) is 42.2 Å². The van der Waals surface area contributed by atoms with E-state index in [1.54, 1.807) is 0 Å². The van der Waals surface area contributed by atoms with Crippen LogP contribution in [0.5, 0.6) is 0 Å². The monoisotopic (exact) mass is 291 g/mol. The van der Waals surface area contributed by atoms with E-state index < -0.39 is 11.9 Å². The molecule has 0 bridgehead atoms. The Morgan fingerprint density at radius 1 is 1.50 bits per heavy atom. The molecule has 0 saturated heterocycles. The number of fused-ring (bicyclic) bond motifs is 1. The Kier molecular flexibility index (Phi) is 4.40. The van der Waals surface area contributed by atoms with E-state index in [1.165, 1.54) is 11.3 Å². The Morgan fingerprint density at radius 3 is 2.90 bits per heavy atom. The summed E-state index contributed by atoms with van der Waals surface area (Å²) in [4.78, 5) is 23.2. The number of carboxylic acid groups (broad SMARTS) is 1. The lowest BCUT2D eigenvalue weighted by atomic mass is 9.88. The SMILES string of the molecule is CC1CCc2c(sc(NC(=O)CCC(=O)[O-])c2C#N)C1.